The molecule has 0 radical (unpaired) electrons. The van der Waals surface area contributed by atoms with Crippen LogP contribution >= 0.6 is 0 Å². The molecule has 10 aromatic carbocycles. The highest BCUT2D eigenvalue weighted by Gasteiger charge is 2.45. The molecule has 418 valence electrons. The highest BCUT2D eigenvalue weighted by Crippen LogP contribution is 2.45. The van der Waals surface area contributed by atoms with Gasteiger partial charge in [-0.1, -0.05) is 140 Å². The van der Waals surface area contributed by atoms with Gasteiger partial charge in [0, 0.05) is 44.5 Å². The first-order valence-corrected chi connectivity index (χ1v) is 27.6. The standard InChI is InChI=1S/C76H38N4O8.CH4/c81-69-57-35-29-51(25-21-47-13-5-1-6-14-47)41-61(57)73(85)77(69)65-39-33-55(45-67(65)79-71(83)59-37-31-53(43-63(59)75(79)87)27-23-49-17-9-3-10-18-49)56-34-40-66(78-70(82)58-36-30-52(42-62(58)74(78)86)26-22-48-15-7-2-8-16-48)68(46-56)80-72(84)60-38-32-54(44-64(60)76(80)88)28-24-50-19-11-4-12-20-50;/h1-20,29-46H;1H4. The number of fused-ring (bicyclic) bond motifs is 4. The average molecular weight is 1150 g/mol. The highest BCUT2D eigenvalue weighted by molar-refractivity contribution is 6.41. The van der Waals surface area contributed by atoms with E-state index in [0.717, 1.165) is 41.9 Å². The molecule has 4 aliphatic heterocycles. The Morgan fingerprint density at radius 1 is 0.191 bits per heavy atom. The summed E-state index contributed by atoms with van der Waals surface area (Å²) >= 11 is 0. The minimum atomic E-state index is -0.772. The lowest BCUT2D eigenvalue weighted by Crippen LogP contribution is -2.35. The van der Waals surface area contributed by atoms with E-state index in [1.54, 1.807) is 36.4 Å². The van der Waals surface area contributed by atoms with Crippen LogP contribution in [0.15, 0.2) is 231 Å². The topological polar surface area (TPSA) is 150 Å². The van der Waals surface area contributed by atoms with Crippen molar-refractivity contribution in [2.24, 2.45) is 0 Å². The van der Waals surface area contributed by atoms with Gasteiger partial charge in [-0.25, -0.2) is 19.6 Å². The number of amides is 8. The Balaban J connectivity index is 0.00000729. The molecule has 0 saturated heterocycles. The van der Waals surface area contributed by atoms with E-state index >= 15 is 0 Å². The van der Waals surface area contributed by atoms with Crippen molar-refractivity contribution in [2.45, 2.75) is 7.43 Å². The molecule has 0 spiro atoms. The SMILES string of the molecule is C.O=C1c2ccc(C#Cc3ccccc3)cc2C(=O)N1c1ccc(-c2ccc(N3C(=O)c4ccc(C#Cc5ccccc5)cc4C3=O)c(N3C(=O)c4ccc(C#Cc5ccccc5)cc4C3=O)c2)cc1N1C(=O)c2ccc(C#Cc3ccccc3)cc2C1=O. The van der Waals surface area contributed by atoms with Crippen molar-refractivity contribution in [3.05, 3.63) is 320 Å². The van der Waals surface area contributed by atoms with Gasteiger partial charge in [0.2, 0.25) is 0 Å². The van der Waals surface area contributed by atoms with E-state index in [0.29, 0.717) is 22.3 Å². The Labute approximate surface area is 510 Å². The number of hydrogen-bond donors (Lipinski definition) is 0. The normalized spacial score (nSPS) is 13.3. The van der Waals surface area contributed by atoms with E-state index in [9.17, 15) is 38.4 Å². The molecular weight excluding hydrogens is 1110 g/mol. The van der Waals surface area contributed by atoms with Crippen LogP contribution in [0.3, 0.4) is 0 Å². The quantitative estimate of drug-likeness (QED) is 0.122. The van der Waals surface area contributed by atoms with Crippen molar-refractivity contribution in [3.8, 4) is 58.5 Å². The molecule has 12 nitrogen and oxygen atoms in total. The maximum atomic E-state index is 15.0. The summed E-state index contributed by atoms with van der Waals surface area (Å²) < 4.78 is 0. The van der Waals surface area contributed by atoms with Gasteiger partial charge >= 0.3 is 0 Å². The largest absolute Gasteiger partial charge is 0.268 e. The molecule has 0 N–H and O–H groups in total. The van der Waals surface area contributed by atoms with Crippen molar-refractivity contribution >= 4 is 70.0 Å². The minimum Gasteiger partial charge on any atom is -0.268 e. The molecule has 0 aliphatic carbocycles. The third-order valence-electron chi connectivity index (χ3n) is 15.3. The van der Waals surface area contributed by atoms with Crippen LogP contribution in [-0.4, -0.2) is 47.3 Å². The summed E-state index contributed by atoms with van der Waals surface area (Å²) in [4.78, 5) is 122. The molecule has 0 unspecified atom stereocenters. The molecule has 89 heavy (non-hydrogen) atoms. The van der Waals surface area contributed by atoms with Crippen LogP contribution in [0.2, 0.25) is 0 Å². The van der Waals surface area contributed by atoms with E-state index in [1.165, 1.54) is 72.8 Å². The maximum Gasteiger partial charge on any atom is 0.266 e. The Morgan fingerprint density at radius 2 is 0.404 bits per heavy atom. The van der Waals surface area contributed by atoms with E-state index in [2.05, 4.69) is 47.4 Å². The second kappa shape index (κ2) is 22.5. The van der Waals surface area contributed by atoms with E-state index in [4.69, 9.17) is 0 Å². The van der Waals surface area contributed by atoms with Gasteiger partial charge in [-0.2, -0.15) is 0 Å². The lowest BCUT2D eigenvalue weighted by Gasteiger charge is -2.25. The summed E-state index contributed by atoms with van der Waals surface area (Å²) in [5, 5.41) is 0. The van der Waals surface area contributed by atoms with Gasteiger partial charge in [0.05, 0.1) is 67.3 Å². The lowest BCUT2D eigenvalue weighted by molar-refractivity contribution is 0.0904. The zero-order chi connectivity index (χ0) is 60.2. The van der Waals surface area contributed by atoms with Crippen LogP contribution in [0, 0.1) is 47.4 Å². The molecule has 10 aromatic rings. The van der Waals surface area contributed by atoms with Crippen molar-refractivity contribution in [3.63, 3.8) is 0 Å². The Bertz CT molecular complexity index is 4750. The van der Waals surface area contributed by atoms with Gasteiger partial charge in [0.15, 0.2) is 0 Å². The zero-order valence-corrected chi connectivity index (χ0v) is 46.0. The van der Waals surface area contributed by atoms with Crippen molar-refractivity contribution < 1.29 is 38.4 Å². The van der Waals surface area contributed by atoms with E-state index < -0.39 is 47.3 Å². The molecule has 14 rings (SSSR count). The number of carbonyl (C=O) groups excluding carboxylic acids is 8. The minimum absolute atomic E-state index is 0. The van der Waals surface area contributed by atoms with Crippen LogP contribution in [-0.2, 0) is 0 Å². The monoisotopic (exact) mass is 1150 g/mol. The fourth-order valence-electron chi connectivity index (χ4n) is 11.0. The third-order valence-corrected chi connectivity index (χ3v) is 15.3. The first kappa shape index (κ1) is 55.2. The van der Waals surface area contributed by atoms with E-state index in [1.807, 2.05) is 121 Å². The van der Waals surface area contributed by atoms with Crippen LogP contribution in [0.4, 0.5) is 22.7 Å². The molecule has 0 aromatic heterocycles. The zero-order valence-electron chi connectivity index (χ0n) is 46.0. The molecule has 4 aliphatic rings. The molecule has 0 bridgehead atoms. The van der Waals surface area contributed by atoms with Crippen molar-refractivity contribution in [2.75, 3.05) is 19.6 Å². The number of nitrogens with zero attached hydrogens (tertiary/aromatic N) is 4. The fraction of sp³-hybridized carbons (Fsp3) is 0.0130. The second-order valence-corrected chi connectivity index (χ2v) is 20.7. The average Bonchev–Trinajstić information content (AvgIpc) is 1.83. The predicted octanol–water partition coefficient (Wildman–Crippen LogP) is 12.8. The highest BCUT2D eigenvalue weighted by atomic mass is 16.2. The van der Waals surface area contributed by atoms with Gasteiger partial charge in [-0.3, -0.25) is 38.4 Å². The van der Waals surface area contributed by atoms with Crippen molar-refractivity contribution in [1.29, 1.82) is 0 Å². The number of anilines is 4. The van der Waals surface area contributed by atoms with Gasteiger partial charge in [-0.15, -0.1) is 0 Å². The van der Waals surface area contributed by atoms with Gasteiger partial charge < -0.3 is 0 Å². The predicted molar refractivity (Wildman–Crippen MR) is 339 cm³/mol. The summed E-state index contributed by atoms with van der Waals surface area (Å²) in [7, 11) is 0. The Hall–Kier alpha value is -13.0. The molecule has 0 atom stereocenters. The van der Waals surface area contributed by atoms with Crippen LogP contribution < -0.4 is 19.6 Å². The number of rotatable bonds is 5. The first-order valence-electron chi connectivity index (χ1n) is 27.6. The molecule has 4 heterocycles. The number of imide groups is 4. The van der Waals surface area contributed by atoms with Gasteiger partial charge in [0.25, 0.3) is 47.3 Å². The number of hydrogen-bond acceptors (Lipinski definition) is 8. The van der Waals surface area contributed by atoms with Crippen LogP contribution in [0.5, 0.6) is 0 Å². The van der Waals surface area contributed by atoms with Crippen LogP contribution in [0.25, 0.3) is 11.1 Å². The first-order chi connectivity index (χ1) is 42.9. The summed E-state index contributed by atoms with van der Waals surface area (Å²) in [5.41, 5.74) is 5.02. The van der Waals surface area contributed by atoms with Gasteiger partial charge in [-0.05, 0) is 157 Å². The summed E-state index contributed by atoms with van der Waals surface area (Å²) in [6.07, 6.45) is 0. The number of benzene rings is 10. The van der Waals surface area contributed by atoms with E-state index in [-0.39, 0.29) is 85.8 Å². The Morgan fingerprint density at radius 3 is 0.652 bits per heavy atom. The second-order valence-electron chi connectivity index (χ2n) is 20.7. The maximum absolute atomic E-state index is 15.0. The van der Waals surface area contributed by atoms with Crippen LogP contribution in [0.1, 0.15) is 135 Å². The Kier molecular flexibility index (Phi) is 14.0. The molecule has 8 amide bonds. The third kappa shape index (κ3) is 9.89. The molecule has 0 fully saturated rings. The number of carbonyl (C=O) groups is 8. The summed E-state index contributed by atoms with van der Waals surface area (Å²) in [5.74, 6) is 18.6. The molecule has 12 heteroatoms. The molecular formula is C77H42N4O8. The van der Waals surface area contributed by atoms with Gasteiger partial charge in [0.1, 0.15) is 0 Å². The summed E-state index contributed by atoms with van der Waals surface area (Å²) in [6.45, 7) is 0. The lowest BCUT2D eigenvalue weighted by atomic mass is 10.0. The summed E-state index contributed by atoms with van der Waals surface area (Å²) in [6, 6.07) is 64.4. The smallest absolute Gasteiger partial charge is 0.266 e. The van der Waals surface area contributed by atoms with Crippen molar-refractivity contribution in [1.82, 2.24) is 0 Å². The fourth-order valence-corrected chi connectivity index (χ4v) is 11.0. The molecule has 0 saturated carbocycles.